The Kier molecular flexibility index (Phi) is 4.52. The van der Waals surface area contributed by atoms with Crippen molar-refractivity contribution in [3.63, 3.8) is 0 Å². The van der Waals surface area contributed by atoms with Crippen LogP contribution in [0.25, 0.3) is 0 Å². The lowest BCUT2D eigenvalue weighted by atomic mass is 10.2. The second-order valence-corrected chi connectivity index (χ2v) is 5.24. The third kappa shape index (κ3) is 3.92. The van der Waals surface area contributed by atoms with Crippen LogP contribution < -0.4 is 10.6 Å². The molecule has 0 aliphatic rings. The molecule has 0 fully saturated rings. The number of carbonyl (C=O) groups excluding carboxylic acids is 2. The smallest absolute Gasteiger partial charge is 0.271 e. The molecular formula is C13H15N3O3S. The number of hydrogen-bond donors (Lipinski definition) is 2. The Balaban J connectivity index is 1.90. The topological polar surface area (TPSA) is 84.2 Å². The molecule has 0 saturated heterocycles. The molecule has 6 nitrogen and oxygen atoms in total. The van der Waals surface area contributed by atoms with Gasteiger partial charge in [-0.05, 0) is 19.1 Å². The average Bonchev–Trinajstić information content (AvgIpc) is 2.99. The van der Waals surface area contributed by atoms with E-state index >= 15 is 0 Å². The van der Waals surface area contributed by atoms with Crippen LogP contribution in [0.3, 0.4) is 0 Å². The normalized spacial score (nSPS) is 11.9. The van der Waals surface area contributed by atoms with Gasteiger partial charge >= 0.3 is 0 Å². The second kappa shape index (κ2) is 6.33. The number of aromatic nitrogens is 1. The Morgan fingerprint density at radius 3 is 2.95 bits per heavy atom. The molecule has 1 atom stereocenters. The lowest BCUT2D eigenvalue weighted by molar-refractivity contribution is -0.114. The van der Waals surface area contributed by atoms with E-state index in [0.717, 1.165) is 5.76 Å². The molecular weight excluding hydrogens is 278 g/mol. The van der Waals surface area contributed by atoms with Crippen LogP contribution in [0.1, 0.15) is 30.1 Å². The second-order valence-electron chi connectivity index (χ2n) is 4.38. The summed E-state index contributed by atoms with van der Waals surface area (Å²) in [4.78, 5) is 26.9. The molecule has 0 aromatic carbocycles. The van der Waals surface area contributed by atoms with Gasteiger partial charge in [-0.25, -0.2) is 4.98 Å². The number of anilines is 1. The monoisotopic (exact) mass is 293 g/mol. The van der Waals surface area contributed by atoms with E-state index < -0.39 is 0 Å². The Morgan fingerprint density at radius 1 is 1.50 bits per heavy atom. The van der Waals surface area contributed by atoms with E-state index in [-0.39, 0.29) is 17.9 Å². The molecule has 2 amide bonds. The van der Waals surface area contributed by atoms with Crippen molar-refractivity contribution < 1.29 is 14.0 Å². The standard InChI is InChI=1S/C13H15N3O3S/c1-8(6-10-4-3-5-19-10)14-12(18)11-7-20-13(16-11)15-9(2)17/h3-5,7-8H,6H2,1-2H3,(H,14,18)(H,15,16,17). The number of furan rings is 1. The molecule has 0 saturated carbocycles. The molecule has 106 valence electrons. The van der Waals surface area contributed by atoms with Gasteiger partial charge in [-0.15, -0.1) is 11.3 Å². The quantitative estimate of drug-likeness (QED) is 0.883. The zero-order valence-electron chi connectivity index (χ0n) is 11.2. The van der Waals surface area contributed by atoms with Crippen LogP contribution in [0.2, 0.25) is 0 Å². The minimum absolute atomic E-state index is 0.0698. The van der Waals surface area contributed by atoms with Gasteiger partial charge in [0.25, 0.3) is 5.91 Å². The lowest BCUT2D eigenvalue weighted by Crippen LogP contribution is -2.34. The molecule has 0 aliphatic heterocycles. The summed E-state index contributed by atoms with van der Waals surface area (Å²) >= 11 is 1.22. The zero-order valence-corrected chi connectivity index (χ0v) is 12.0. The van der Waals surface area contributed by atoms with E-state index in [9.17, 15) is 9.59 Å². The average molecular weight is 293 g/mol. The fourth-order valence-electron chi connectivity index (χ4n) is 1.67. The number of rotatable bonds is 5. The van der Waals surface area contributed by atoms with Crippen LogP contribution in [-0.2, 0) is 11.2 Å². The molecule has 20 heavy (non-hydrogen) atoms. The number of carbonyl (C=O) groups is 2. The summed E-state index contributed by atoms with van der Waals surface area (Å²) in [7, 11) is 0. The van der Waals surface area contributed by atoms with E-state index in [1.165, 1.54) is 18.3 Å². The largest absolute Gasteiger partial charge is 0.469 e. The van der Waals surface area contributed by atoms with Gasteiger partial charge in [-0.3, -0.25) is 9.59 Å². The van der Waals surface area contributed by atoms with Crippen molar-refractivity contribution in [2.45, 2.75) is 26.3 Å². The predicted octanol–water partition coefficient (Wildman–Crippen LogP) is 2.06. The first-order valence-corrected chi connectivity index (χ1v) is 6.99. The Hall–Kier alpha value is -2.15. The van der Waals surface area contributed by atoms with Crippen LogP contribution >= 0.6 is 11.3 Å². The number of amides is 2. The van der Waals surface area contributed by atoms with Crippen LogP contribution in [-0.4, -0.2) is 22.8 Å². The van der Waals surface area contributed by atoms with Gasteiger partial charge < -0.3 is 15.1 Å². The first-order chi connectivity index (χ1) is 9.54. The minimum atomic E-state index is -0.267. The van der Waals surface area contributed by atoms with Crippen molar-refractivity contribution in [2.75, 3.05) is 5.32 Å². The Morgan fingerprint density at radius 2 is 2.30 bits per heavy atom. The molecule has 2 heterocycles. The summed E-state index contributed by atoms with van der Waals surface area (Å²) in [5.41, 5.74) is 0.296. The van der Waals surface area contributed by atoms with Gasteiger partial charge in [-0.2, -0.15) is 0 Å². The number of nitrogens with one attached hydrogen (secondary N) is 2. The van der Waals surface area contributed by atoms with Crippen molar-refractivity contribution in [3.8, 4) is 0 Å². The minimum Gasteiger partial charge on any atom is -0.469 e. The lowest BCUT2D eigenvalue weighted by Gasteiger charge is -2.11. The maximum absolute atomic E-state index is 12.0. The molecule has 1 unspecified atom stereocenters. The van der Waals surface area contributed by atoms with Crippen LogP contribution in [0.4, 0.5) is 5.13 Å². The molecule has 2 aromatic heterocycles. The molecule has 0 bridgehead atoms. The van der Waals surface area contributed by atoms with E-state index in [0.29, 0.717) is 17.2 Å². The molecule has 2 rings (SSSR count). The summed E-state index contributed by atoms with van der Waals surface area (Å²) in [6, 6.07) is 3.60. The third-order valence-corrected chi connectivity index (χ3v) is 3.24. The van der Waals surface area contributed by atoms with E-state index in [1.807, 2.05) is 19.1 Å². The van der Waals surface area contributed by atoms with Gasteiger partial charge in [0, 0.05) is 24.8 Å². The highest BCUT2D eigenvalue weighted by atomic mass is 32.1. The van der Waals surface area contributed by atoms with Crippen molar-refractivity contribution in [3.05, 3.63) is 35.2 Å². The predicted molar refractivity (Wildman–Crippen MR) is 75.8 cm³/mol. The molecule has 2 N–H and O–H groups in total. The van der Waals surface area contributed by atoms with Crippen LogP contribution in [0.15, 0.2) is 28.2 Å². The molecule has 7 heteroatoms. The zero-order chi connectivity index (χ0) is 14.5. The summed E-state index contributed by atoms with van der Waals surface area (Å²) in [6.45, 7) is 3.29. The van der Waals surface area contributed by atoms with Crippen molar-refractivity contribution in [1.82, 2.24) is 10.3 Å². The molecule has 0 spiro atoms. The number of hydrogen-bond acceptors (Lipinski definition) is 5. The highest BCUT2D eigenvalue weighted by molar-refractivity contribution is 7.14. The fourth-order valence-corrected chi connectivity index (χ4v) is 2.40. The van der Waals surface area contributed by atoms with Gasteiger partial charge in [0.15, 0.2) is 5.13 Å². The Labute approximate surface area is 120 Å². The molecule has 2 aromatic rings. The maximum atomic E-state index is 12.0. The van der Waals surface area contributed by atoms with E-state index in [1.54, 1.807) is 11.6 Å². The van der Waals surface area contributed by atoms with Gasteiger partial charge in [0.2, 0.25) is 5.91 Å². The summed E-state index contributed by atoms with van der Waals surface area (Å²) in [5, 5.41) is 7.41. The van der Waals surface area contributed by atoms with Crippen molar-refractivity contribution >= 4 is 28.3 Å². The number of thiazole rings is 1. The summed E-state index contributed by atoms with van der Waals surface area (Å²) < 4.78 is 5.23. The summed E-state index contributed by atoms with van der Waals surface area (Å²) in [6.07, 6.45) is 2.21. The molecule has 0 radical (unpaired) electrons. The maximum Gasteiger partial charge on any atom is 0.271 e. The first kappa shape index (κ1) is 14.3. The van der Waals surface area contributed by atoms with Gasteiger partial charge in [0.05, 0.1) is 6.26 Å². The molecule has 0 aliphatic carbocycles. The fraction of sp³-hybridized carbons (Fsp3) is 0.308. The highest BCUT2D eigenvalue weighted by Crippen LogP contribution is 2.15. The van der Waals surface area contributed by atoms with Crippen LogP contribution in [0.5, 0.6) is 0 Å². The van der Waals surface area contributed by atoms with Crippen molar-refractivity contribution in [1.29, 1.82) is 0 Å². The first-order valence-electron chi connectivity index (χ1n) is 6.11. The van der Waals surface area contributed by atoms with Crippen LogP contribution in [0, 0.1) is 0 Å². The number of nitrogens with zero attached hydrogens (tertiary/aromatic N) is 1. The van der Waals surface area contributed by atoms with Gasteiger partial charge in [-0.1, -0.05) is 0 Å². The van der Waals surface area contributed by atoms with Crippen molar-refractivity contribution in [2.24, 2.45) is 0 Å². The van der Waals surface area contributed by atoms with E-state index in [2.05, 4.69) is 15.6 Å². The Bertz CT molecular complexity index is 592. The van der Waals surface area contributed by atoms with Gasteiger partial charge in [0.1, 0.15) is 11.5 Å². The van der Waals surface area contributed by atoms with E-state index in [4.69, 9.17) is 4.42 Å². The third-order valence-electron chi connectivity index (χ3n) is 2.48. The SMILES string of the molecule is CC(=O)Nc1nc(C(=O)NC(C)Cc2ccco2)cs1. The summed E-state index contributed by atoms with van der Waals surface area (Å²) in [5.74, 6) is 0.337. The highest BCUT2D eigenvalue weighted by Gasteiger charge is 2.14.